The fourth-order valence-electron chi connectivity index (χ4n) is 1.26. The summed E-state index contributed by atoms with van der Waals surface area (Å²) in [6.45, 7) is 6.23. The molecular formula is C11H23NO3. The van der Waals surface area contributed by atoms with E-state index in [-0.39, 0.29) is 12.1 Å². The van der Waals surface area contributed by atoms with Gasteiger partial charge in [0.25, 0.3) is 0 Å². The first-order chi connectivity index (χ1) is 7.00. The van der Waals surface area contributed by atoms with Crippen LogP contribution in [0, 0.1) is 0 Å². The van der Waals surface area contributed by atoms with Crippen LogP contribution < -0.4 is 5.32 Å². The smallest absolute Gasteiger partial charge is 0.328 e. The average molecular weight is 217 g/mol. The van der Waals surface area contributed by atoms with Gasteiger partial charge in [0, 0.05) is 0 Å². The van der Waals surface area contributed by atoms with E-state index in [4.69, 9.17) is 9.47 Å². The molecule has 0 aliphatic carbocycles. The minimum absolute atomic E-state index is 0.173. The Morgan fingerprint density at radius 3 is 2.53 bits per heavy atom. The van der Waals surface area contributed by atoms with E-state index in [9.17, 15) is 4.79 Å². The number of carbonyl (C=O) groups is 1. The van der Waals surface area contributed by atoms with E-state index in [0.717, 1.165) is 12.8 Å². The second-order valence-corrected chi connectivity index (χ2v) is 3.98. The number of hydrogen-bond acceptors (Lipinski definition) is 4. The molecule has 0 saturated heterocycles. The van der Waals surface area contributed by atoms with Crippen LogP contribution in [-0.4, -0.2) is 38.4 Å². The Morgan fingerprint density at radius 2 is 2.13 bits per heavy atom. The molecule has 0 aliphatic rings. The van der Waals surface area contributed by atoms with Crippen molar-refractivity contribution in [1.82, 2.24) is 5.32 Å². The highest BCUT2D eigenvalue weighted by molar-refractivity contribution is 5.80. The van der Waals surface area contributed by atoms with E-state index in [1.165, 1.54) is 7.11 Å². The predicted molar refractivity (Wildman–Crippen MR) is 59.8 cm³/mol. The predicted octanol–water partition coefficient (Wildman–Crippen LogP) is 1.34. The van der Waals surface area contributed by atoms with E-state index in [2.05, 4.69) is 12.2 Å². The molecule has 0 radical (unpaired) electrons. The van der Waals surface area contributed by atoms with Crippen molar-refractivity contribution in [2.75, 3.05) is 20.8 Å². The maximum Gasteiger partial charge on any atom is 0.328 e. The lowest BCUT2D eigenvalue weighted by atomic mass is 10.0. The number of ether oxygens (including phenoxy) is 2. The summed E-state index contributed by atoms with van der Waals surface area (Å²) in [6.07, 6.45) is 2.25. The van der Waals surface area contributed by atoms with Gasteiger partial charge in [-0.1, -0.05) is 13.3 Å². The molecule has 4 heteroatoms. The molecule has 0 aliphatic heterocycles. The molecule has 15 heavy (non-hydrogen) atoms. The quantitative estimate of drug-likeness (QED) is 0.654. The van der Waals surface area contributed by atoms with Crippen molar-refractivity contribution >= 4 is 5.97 Å². The van der Waals surface area contributed by atoms with E-state index >= 15 is 0 Å². The van der Waals surface area contributed by atoms with E-state index in [1.54, 1.807) is 14.0 Å². The highest BCUT2D eigenvalue weighted by Crippen LogP contribution is 2.10. The molecule has 0 fully saturated rings. The van der Waals surface area contributed by atoms with Crippen molar-refractivity contribution < 1.29 is 14.3 Å². The zero-order valence-corrected chi connectivity index (χ0v) is 10.4. The van der Waals surface area contributed by atoms with Gasteiger partial charge in [0.2, 0.25) is 0 Å². The Bertz CT molecular complexity index is 196. The van der Waals surface area contributed by atoms with Gasteiger partial charge >= 0.3 is 5.97 Å². The van der Waals surface area contributed by atoms with Crippen molar-refractivity contribution in [2.24, 2.45) is 0 Å². The lowest BCUT2D eigenvalue weighted by molar-refractivity contribution is -0.151. The third-order valence-corrected chi connectivity index (χ3v) is 2.54. The zero-order valence-electron chi connectivity index (χ0n) is 10.4. The Labute approximate surface area is 92.3 Å². The molecular weight excluding hydrogens is 194 g/mol. The van der Waals surface area contributed by atoms with Crippen molar-refractivity contribution in [1.29, 1.82) is 0 Å². The van der Waals surface area contributed by atoms with E-state index in [0.29, 0.717) is 6.61 Å². The van der Waals surface area contributed by atoms with E-state index in [1.807, 2.05) is 6.92 Å². The first kappa shape index (κ1) is 14.4. The monoisotopic (exact) mass is 217 g/mol. The molecule has 0 rings (SSSR count). The molecule has 2 unspecified atom stereocenters. The van der Waals surface area contributed by atoms with Gasteiger partial charge < -0.3 is 14.8 Å². The first-order valence-electron chi connectivity index (χ1n) is 5.39. The van der Waals surface area contributed by atoms with Gasteiger partial charge in [-0.15, -0.1) is 0 Å². The topological polar surface area (TPSA) is 47.6 Å². The maximum absolute atomic E-state index is 11.5. The van der Waals surface area contributed by atoms with Crippen LogP contribution in [0.4, 0.5) is 0 Å². The molecule has 2 atom stereocenters. The van der Waals surface area contributed by atoms with Crippen LogP contribution in [0.1, 0.15) is 33.6 Å². The summed E-state index contributed by atoms with van der Waals surface area (Å²) < 4.78 is 10.3. The third kappa shape index (κ3) is 4.62. The molecule has 0 heterocycles. The van der Waals surface area contributed by atoms with Crippen molar-refractivity contribution in [3.63, 3.8) is 0 Å². The second kappa shape index (κ2) is 6.80. The van der Waals surface area contributed by atoms with Gasteiger partial charge in [-0.05, 0) is 27.3 Å². The van der Waals surface area contributed by atoms with Gasteiger partial charge in [0.15, 0.2) is 0 Å². The van der Waals surface area contributed by atoms with Gasteiger partial charge in [0.1, 0.15) is 5.54 Å². The largest absolute Gasteiger partial charge is 0.468 e. The molecule has 0 aromatic heterocycles. The summed E-state index contributed by atoms with van der Waals surface area (Å²) >= 11 is 0. The van der Waals surface area contributed by atoms with Crippen LogP contribution in [-0.2, 0) is 14.3 Å². The van der Waals surface area contributed by atoms with Crippen molar-refractivity contribution in [3.05, 3.63) is 0 Å². The Hall–Kier alpha value is -0.610. The molecule has 0 aromatic rings. The fraction of sp³-hybridized carbons (Fsp3) is 0.909. The minimum atomic E-state index is -0.753. The number of rotatable bonds is 7. The molecule has 0 amide bonds. The number of esters is 1. The highest BCUT2D eigenvalue weighted by Gasteiger charge is 2.33. The minimum Gasteiger partial charge on any atom is -0.468 e. The Kier molecular flexibility index (Phi) is 6.52. The van der Waals surface area contributed by atoms with Crippen LogP contribution in [0.15, 0.2) is 0 Å². The Balaban J connectivity index is 4.14. The normalized spacial score (nSPS) is 16.9. The summed E-state index contributed by atoms with van der Waals surface area (Å²) in [5.74, 6) is -0.298. The second-order valence-electron chi connectivity index (χ2n) is 3.98. The molecule has 90 valence electrons. The molecule has 1 N–H and O–H groups in total. The van der Waals surface area contributed by atoms with Crippen LogP contribution >= 0.6 is 0 Å². The number of hydrogen-bond donors (Lipinski definition) is 1. The summed E-state index contributed by atoms with van der Waals surface area (Å²) in [6, 6.07) is 0. The molecule has 0 aromatic carbocycles. The van der Waals surface area contributed by atoms with Crippen molar-refractivity contribution in [3.8, 4) is 0 Å². The van der Waals surface area contributed by atoms with Crippen LogP contribution in [0.5, 0.6) is 0 Å². The lowest BCUT2D eigenvalue weighted by Crippen LogP contribution is -2.52. The number of likely N-dealkylation sites (N-methyl/N-ethyl adjacent to an activating group) is 1. The van der Waals surface area contributed by atoms with Gasteiger partial charge in [0.05, 0.1) is 19.8 Å². The first-order valence-corrected chi connectivity index (χ1v) is 5.39. The summed E-state index contributed by atoms with van der Waals surface area (Å²) in [4.78, 5) is 11.5. The van der Waals surface area contributed by atoms with Gasteiger partial charge in [-0.3, -0.25) is 0 Å². The standard InChI is InChI=1S/C11H23NO3/c1-6-7-9(2)15-8-11(3,12-4)10(13)14-5/h9,12H,6-8H2,1-5H3. The average Bonchev–Trinajstić information content (AvgIpc) is 2.25. The summed E-state index contributed by atoms with van der Waals surface area (Å²) in [5.41, 5.74) is -0.753. The Morgan fingerprint density at radius 1 is 1.53 bits per heavy atom. The van der Waals surface area contributed by atoms with Gasteiger partial charge in [-0.25, -0.2) is 4.79 Å². The van der Waals surface area contributed by atoms with Crippen LogP contribution in [0.3, 0.4) is 0 Å². The molecule has 4 nitrogen and oxygen atoms in total. The van der Waals surface area contributed by atoms with E-state index < -0.39 is 5.54 Å². The maximum atomic E-state index is 11.5. The molecule has 0 bridgehead atoms. The van der Waals surface area contributed by atoms with Crippen molar-refractivity contribution in [2.45, 2.75) is 45.3 Å². The highest BCUT2D eigenvalue weighted by atomic mass is 16.5. The lowest BCUT2D eigenvalue weighted by Gasteiger charge is -2.27. The third-order valence-electron chi connectivity index (χ3n) is 2.54. The number of nitrogens with one attached hydrogen (secondary N) is 1. The number of methoxy groups -OCH3 is 1. The molecule has 0 spiro atoms. The number of carbonyl (C=O) groups excluding carboxylic acids is 1. The fourth-order valence-corrected chi connectivity index (χ4v) is 1.26. The summed E-state index contributed by atoms with van der Waals surface area (Å²) in [5, 5.41) is 2.93. The van der Waals surface area contributed by atoms with Gasteiger partial charge in [-0.2, -0.15) is 0 Å². The molecule has 0 saturated carbocycles. The zero-order chi connectivity index (χ0) is 11.9. The van der Waals surface area contributed by atoms with Crippen LogP contribution in [0.25, 0.3) is 0 Å². The van der Waals surface area contributed by atoms with Crippen LogP contribution in [0.2, 0.25) is 0 Å². The summed E-state index contributed by atoms with van der Waals surface area (Å²) in [7, 11) is 3.11. The SMILES string of the molecule is CCCC(C)OCC(C)(NC)C(=O)OC.